The van der Waals surface area contributed by atoms with Gasteiger partial charge in [-0.1, -0.05) is 18.5 Å². The van der Waals surface area contributed by atoms with Crippen LogP contribution in [0.25, 0.3) is 0 Å². The summed E-state index contributed by atoms with van der Waals surface area (Å²) in [5, 5.41) is 7.94. The van der Waals surface area contributed by atoms with Crippen molar-refractivity contribution in [3.05, 3.63) is 46.5 Å². The van der Waals surface area contributed by atoms with E-state index in [0.29, 0.717) is 16.3 Å². The highest BCUT2D eigenvalue weighted by atomic mass is 35.5. The van der Waals surface area contributed by atoms with Crippen LogP contribution in [0.5, 0.6) is 5.75 Å². The Bertz CT molecular complexity index is 615. The number of hydrogen-bond acceptors (Lipinski definition) is 3. The third kappa shape index (κ3) is 3.19. The van der Waals surface area contributed by atoms with Crippen LogP contribution in [0.4, 0.5) is 4.39 Å². The molecule has 0 aliphatic carbocycles. The topological polar surface area (TPSA) is 39.1 Å². The van der Waals surface area contributed by atoms with E-state index in [9.17, 15) is 4.39 Å². The van der Waals surface area contributed by atoms with Gasteiger partial charge in [-0.05, 0) is 31.7 Å². The summed E-state index contributed by atoms with van der Waals surface area (Å²) in [4.78, 5) is 0. The van der Waals surface area contributed by atoms with Crippen LogP contribution < -0.4 is 10.1 Å². The van der Waals surface area contributed by atoms with Crippen molar-refractivity contribution in [3.8, 4) is 5.75 Å². The maximum atomic E-state index is 14.2. The van der Waals surface area contributed by atoms with E-state index in [1.807, 2.05) is 4.68 Å². The van der Waals surface area contributed by atoms with E-state index in [-0.39, 0.29) is 11.9 Å². The fraction of sp³-hybridized carbons (Fsp3) is 0.400. The van der Waals surface area contributed by atoms with E-state index in [2.05, 4.69) is 17.3 Å². The minimum Gasteiger partial charge on any atom is -0.493 e. The first-order chi connectivity index (χ1) is 10.1. The van der Waals surface area contributed by atoms with Gasteiger partial charge in [0, 0.05) is 17.1 Å². The van der Waals surface area contributed by atoms with Gasteiger partial charge in [-0.25, -0.2) is 4.39 Å². The van der Waals surface area contributed by atoms with Crippen molar-refractivity contribution in [2.24, 2.45) is 0 Å². The van der Waals surface area contributed by atoms with Gasteiger partial charge in [-0.2, -0.15) is 5.10 Å². The number of nitrogens with one attached hydrogen (secondary N) is 1. The molecule has 114 valence electrons. The SMILES string of the molecule is CCCn1ncc(OC)c1C(NC)c1cc(Cl)ccc1F. The predicted molar refractivity (Wildman–Crippen MR) is 81.4 cm³/mol. The fourth-order valence-corrected chi connectivity index (χ4v) is 2.57. The molecule has 1 unspecified atom stereocenters. The average molecular weight is 312 g/mol. The Morgan fingerprint density at radius 3 is 2.86 bits per heavy atom. The first kappa shape index (κ1) is 15.8. The fourth-order valence-electron chi connectivity index (χ4n) is 2.39. The van der Waals surface area contributed by atoms with Crippen LogP contribution in [-0.4, -0.2) is 23.9 Å². The Labute approximate surface area is 128 Å². The van der Waals surface area contributed by atoms with Gasteiger partial charge < -0.3 is 10.1 Å². The Morgan fingerprint density at radius 2 is 2.24 bits per heavy atom. The van der Waals surface area contributed by atoms with Crippen molar-refractivity contribution in [3.63, 3.8) is 0 Å². The minimum atomic E-state index is -0.382. The maximum absolute atomic E-state index is 14.2. The molecular formula is C15H19ClFN3O. The molecule has 0 saturated carbocycles. The van der Waals surface area contributed by atoms with Crippen LogP contribution in [0.2, 0.25) is 5.02 Å². The molecule has 1 atom stereocenters. The number of nitrogens with zero attached hydrogens (tertiary/aromatic N) is 2. The molecule has 0 bridgehead atoms. The molecule has 2 rings (SSSR count). The Balaban J connectivity index is 2.55. The van der Waals surface area contributed by atoms with Gasteiger partial charge in [-0.3, -0.25) is 4.68 Å². The average Bonchev–Trinajstić information content (AvgIpc) is 2.87. The number of rotatable bonds is 6. The quantitative estimate of drug-likeness (QED) is 0.888. The van der Waals surface area contributed by atoms with E-state index in [1.165, 1.54) is 12.1 Å². The molecule has 0 radical (unpaired) electrons. The van der Waals surface area contributed by atoms with Crippen LogP contribution in [0.1, 0.15) is 30.6 Å². The Hall–Kier alpha value is -1.59. The molecule has 6 heteroatoms. The third-order valence-corrected chi connectivity index (χ3v) is 3.57. The third-order valence-electron chi connectivity index (χ3n) is 3.33. The van der Waals surface area contributed by atoms with Crippen LogP contribution >= 0.6 is 11.6 Å². The van der Waals surface area contributed by atoms with E-state index < -0.39 is 0 Å². The zero-order chi connectivity index (χ0) is 15.4. The summed E-state index contributed by atoms with van der Waals surface area (Å²) in [7, 11) is 3.35. The number of hydrogen-bond donors (Lipinski definition) is 1. The second-order valence-electron chi connectivity index (χ2n) is 4.71. The summed E-state index contributed by atoms with van der Waals surface area (Å²) < 4.78 is 21.4. The zero-order valence-corrected chi connectivity index (χ0v) is 13.1. The number of ether oxygens (including phenoxy) is 1. The monoisotopic (exact) mass is 311 g/mol. The van der Waals surface area contributed by atoms with Crippen molar-refractivity contribution in [2.75, 3.05) is 14.2 Å². The van der Waals surface area contributed by atoms with Crippen LogP contribution in [-0.2, 0) is 6.54 Å². The summed E-state index contributed by atoms with van der Waals surface area (Å²) in [5.41, 5.74) is 1.27. The molecule has 1 aromatic carbocycles. The van der Waals surface area contributed by atoms with Gasteiger partial charge in [0.1, 0.15) is 11.5 Å². The van der Waals surface area contributed by atoms with Gasteiger partial charge >= 0.3 is 0 Å². The first-order valence-corrected chi connectivity index (χ1v) is 7.22. The minimum absolute atomic E-state index is 0.315. The molecule has 4 nitrogen and oxygen atoms in total. The molecule has 1 aromatic heterocycles. The van der Waals surface area contributed by atoms with Gasteiger partial charge in [0.05, 0.1) is 19.3 Å². The van der Waals surface area contributed by atoms with Crippen molar-refractivity contribution in [1.29, 1.82) is 0 Å². The highest BCUT2D eigenvalue weighted by Gasteiger charge is 2.24. The number of halogens is 2. The lowest BCUT2D eigenvalue weighted by atomic mass is 10.0. The molecule has 0 aliphatic rings. The normalized spacial score (nSPS) is 12.4. The molecule has 0 saturated heterocycles. The lowest BCUT2D eigenvalue weighted by Crippen LogP contribution is -2.23. The Kier molecular flexibility index (Phi) is 5.20. The molecule has 1 heterocycles. The second-order valence-corrected chi connectivity index (χ2v) is 5.15. The van der Waals surface area contributed by atoms with Gasteiger partial charge in [0.15, 0.2) is 5.75 Å². The molecule has 0 amide bonds. The smallest absolute Gasteiger partial charge is 0.161 e. The largest absolute Gasteiger partial charge is 0.493 e. The number of methoxy groups -OCH3 is 1. The number of benzene rings is 1. The molecule has 0 spiro atoms. The highest BCUT2D eigenvalue weighted by Crippen LogP contribution is 2.32. The summed E-state index contributed by atoms with van der Waals surface area (Å²) in [6.45, 7) is 2.80. The summed E-state index contributed by atoms with van der Waals surface area (Å²) in [6.07, 6.45) is 2.57. The summed E-state index contributed by atoms with van der Waals surface area (Å²) >= 11 is 6.01. The van der Waals surface area contributed by atoms with Crippen LogP contribution in [0.3, 0.4) is 0 Å². The summed E-state index contributed by atoms with van der Waals surface area (Å²) in [5.74, 6) is 0.312. The molecule has 0 aliphatic heterocycles. The Morgan fingerprint density at radius 1 is 1.48 bits per heavy atom. The molecule has 0 fully saturated rings. The first-order valence-electron chi connectivity index (χ1n) is 6.84. The maximum Gasteiger partial charge on any atom is 0.161 e. The van der Waals surface area contributed by atoms with Crippen molar-refractivity contribution < 1.29 is 9.13 Å². The zero-order valence-electron chi connectivity index (χ0n) is 12.4. The predicted octanol–water partition coefficient (Wildman–Crippen LogP) is 3.40. The summed E-state index contributed by atoms with van der Waals surface area (Å²) in [6, 6.07) is 4.15. The lowest BCUT2D eigenvalue weighted by Gasteiger charge is -2.20. The van der Waals surface area contributed by atoms with Gasteiger partial charge in [0.25, 0.3) is 0 Å². The van der Waals surface area contributed by atoms with Crippen molar-refractivity contribution in [1.82, 2.24) is 15.1 Å². The second kappa shape index (κ2) is 6.91. The number of aromatic nitrogens is 2. The number of aryl methyl sites for hydroxylation is 1. The van der Waals surface area contributed by atoms with Crippen LogP contribution in [0, 0.1) is 5.82 Å². The lowest BCUT2D eigenvalue weighted by molar-refractivity contribution is 0.399. The molecule has 21 heavy (non-hydrogen) atoms. The molecule has 2 aromatic rings. The van der Waals surface area contributed by atoms with E-state index >= 15 is 0 Å². The van der Waals surface area contributed by atoms with E-state index in [0.717, 1.165) is 18.7 Å². The van der Waals surface area contributed by atoms with Crippen LogP contribution in [0.15, 0.2) is 24.4 Å². The van der Waals surface area contributed by atoms with E-state index in [4.69, 9.17) is 16.3 Å². The van der Waals surface area contributed by atoms with Crippen molar-refractivity contribution in [2.45, 2.75) is 25.9 Å². The van der Waals surface area contributed by atoms with E-state index in [1.54, 1.807) is 26.4 Å². The van der Waals surface area contributed by atoms with Gasteiger partial charge in [-0.15, -0.1) is 0 Å². The highest BCUT2D eigenvalue weighted by molar-refractivity contribution is 6.30. The molecular weight excluding hydrogens is 293 g/mol. The molecule has 1 N–H and O–H groups in total. The van der Waals surface area contributed by atoms with Gasteiger partial charge in [0.2, 0.25) is 0 Å². The van der Waals surface area contributed by atoms with Crippen molar-refractivity contribution >= 4 is 11.6 Å². The standard InChI is InChI=1S/C15H19ClFN3O/c1-4-7-20-15(13(21-3)9-19-20)14(18-2)11-8-10(16)5-6-12(11)17/h5-6,8-9,14,18H,4,7H2,1-3H3.